The molecule has 0 spiro atoms. The third-order valence-corrected chi connectivity index (χ3v) is 3.67. The minimum Gasteiger partial charge on any atom is -0.314 e. The van der Waals surface area contributed by atoms with Gasteiger partial charge in [0.05, 0.1) is 5.69 Å². The monoisotopic (exact) mass is 247 g/mol. The van der Waals surface area contributed by atoms with Crippen LogP contribution in [0.2, 0.25) is 0 Å². The first-order chi connectivity index (χ1) is 8.58. The molecule has 0 radical (unpaired) electrons. The first-order valence-corrected chi connectivity index (χ1v) is 6.98. The van der Waals surface area contributed by atoms with Crippen molar-refractivity contribution in [3.05, 3.63) is 29.1 Å². The molecule has 0 saturated heterocycles. The molecule has 1 saturated carbocycles. The zero-order chi connectivity index (χ0) is 13.1. The Morgan fingerprint density at radius 1 is 1.44 bits per heavy atom. The lowest BCUT2D eigenvalue weighted by Gasteiger charge is -2.06. The minimum atomic E-state index is 0.795. The van der Waals surface area contributed by atoms with Gasteiger partial charge in [-0.05, 0) is 58.6 Å². The van der Waals surface area contributed by atoms with Crippen LogP contribution in [0, 0.1) is 13.8 Å². The molecule has 0 aliphatic heterocycles. The molecular weight excluding hydrogens is 222 g/mol. The van der Waals surface area contributed by atoms with E-state index in [1.54, 1.807) is 0 Å². The summed E-state index contributed by atoms with van der Waals surface area (Å²) in [6.07, 6.45) is 4.83. The SMILES string of the molecule is C=C(C)CCn1nc(C)c(CCNC2CC2)c1C. The Labute approximate surface area is 110 Å². The van der Waals surface area contributed by atoms with Crippen molar-refractivity contribution in [2.75, 3.05) is 6.54 Å². The molecule has 1 aliphatic rings. The molecule has 1 aromatic heterocycles. The molecule has 0 amide bonds. The number of nitrogens with zero attached hydrogens (tertiary/aromatic N) is 2. The van der Waals surface area contributed by atoms with Gasteiger partial charge in [0.2, 0.25) is 0 Å². The maximum Gasteiger partial charge on any atom is 0.0628 e. The highest BCUT2D eigenvalue weighted by Gasteiger charge is 2.20. The van der Waals surface area contributed by atoms with Crippen LogP contribution in [0.5, 0.6) is 0 Å². The fourth-order valence-corrected chi connectivity index (χ4v) is 2.30. The topological polar surface area (TPSA) is 29.9 Å². The summed E-state index contributed by atoms with van der Waals surface area (Å²) in [5.74, 6) is 0. The molecule has 18 heavy (non-hydrogen) atoms. The second kappa shape index (κ2) is 5.70. The molecule has 100 valence electrons. The number of nitrogens with one attached hydrogen (secondary N) is 1. The average Bonchev–Trinajstić information content (AvgIpc) is 3.08. The zero-order valence-corrected chi connectivity index (χ0v) is 11.9. The Balaban J connectivity index is 1.93. The van der Waals surface area contributed by atoms with Crippen molar-refractivity contribution in [2.24, 2.45) is 0 Å². The Bertz CT molecular complexity index is 427. The van der Waals surface area contributed by atoms with Crippen LogP contribution >= 0.6 is 0 Å². The normalized spacial score (nSPS) is 15.1. The second-order valence-electron chi connectivity index (χ2n) is 5.56. The predicted molar refractivity (Wildman–Crippen MR) is 75.9 cm³/mol. The van der Waals surface area contributed by atoms with Gasteiger partial charge >= 0.3 is 0 Å². The Morgan fingerprint density at radius 2 is 2.17 bits per heavy atom. The van der Waals surface area contributed by atoms with E-state index in [-0.39, 0.29) is 0 Å². The maximum absolute atomic E-state index is 4.64. The fraction of sp³-hybridized carbons (Fsp3) is 0.667. The van der Waals surface area contributed by atoms with Crippen LogP contribution in [-0.2, 0) is 13.0 Å². The van der Waals surface area contributed by atoms with Crippen molar-refractivity contribution in [2.45, 2.75) is 59.0 Å². The van der Waals surface area contributed by atoms with E-state index < -0.39 is 0 Å². The molecular formula is C15H25N3. The van der Waals surface area contributed by atoms with Crippen LogP contribution in [-0.4, -0.2) is 22.4 Å². The van der Waals surface area contributed by atoms with Crippen molar-refractivity contribution < 1.29 is 0 Å². The summed E-state index contributed by atoms with van der Waals surface area (Å²) >= 11 is 0. The third-order valence-electron chi connectivity index (χ3n) is 3.67. The van der Waals surface area contributed by atoms with Gasteiger partial charge in [-0.15, -0.1) is 6.58 Å². The van der Waals surface area contributed by atoms with Crippen LogP contribution < -0.4 is 5.32 Å². The van der Waals surface area contributed by atoms with Crippen LogP contribution in [0.15, 0.2) is 12.2 Å². The van der Waals surface area contributed by atoms with Crippen LogP contribution in [0.4, 0.5) is 0 Å². The summed E-state index contributed by atoms with van der Waals surface area (Å²) in [5, 5.41) is 8.21. The molecule has 2 rings (SSSR count). The summed E-state index contributed by atoms with van der Waals surface area (Å²) in [5.41, 5.74) is 5.16. The fourth-order valence-electron chi connectivity index (χ4n) is 2.30. The highest BCUT2D eigenvalue weighted by Crippen LogP contribution is 2.19. The number of hydrogen-bond donors (Lipinski definition) is 1. The van der Waals surface area contributed by atoms with E-state index in [9.17, 15) is 0 Å². The van der Waals surface area contributed by atoms with Crippen molar-refractivity contribution in [3.63, 3.8) is 0 Å². The van der Waals surface area contributed by atoms with Gasteiger partial charge in [0.25, 0.3) is 0 Å². The summed E-state index contributed by atoms with van der Waals surface area (Å²) in [4.78, 5) is 0. The van der Waals surface area contributed by atoms with E-state index in [0.717, 1.165) is 32.0 Å². The number of aryl methyl sites for hydroxylation is 2. The largest absolute Gasteiger partial charge is 0.314 e. The number of aromatic nitrogens is 2. The summed E-state index contributed by atoms with van der Waals surface area (Å²) < 4.78 is 2.14. The number of rotatable bonds is 7. The molecule has 3 nitrogen and oxygen atoms in total. The van der Waals surface area contributed by atoms with Gasteiger partial charge in [-0.25, -0.2) is 0 Å². The lowest BCUT2D eigenvalue weighted by atomic mass is 10.1. The third kappa shape index (κ3) is 3.45. The van der Waals surface area contributed by atoms with E-state index in [1.165, 1.54) is 35.4 Å². The standard InChI is InChI=1S/C15H25N3/c1-11(2)8-10-18-13(4)15(12(3)17-18)7-9-16-14-5-6-14/h14,16H,1,5-10H2,2-4H3. The predicted octanol–water partition coefficient (Wildman–Crippen LogP) is 2.76. The molecule has 1 heterocycles. The quantitative estimate of drug-likeness (QED) is 0.751. The molecule has 0 bridgehead atoms. The Morgan fingerprint density at radius 3 is 2.78 bits per heavy atom. The van der Waals surface area contributed by atoms with Gasteiger partial charge in [-0.1, -0.05) is 5.57 Å². The maximum atomic E-state index is 4.64. The Kier molecular flexibility index (Phi) is 4.23. The van der Waals surface area contributed by atoms with E-state index in [0.29, 0.717) is 0 Å². The molecule has 0 unspecified atom stereocenters. The highest BCUT2D eigenvalue weighted by molar-refractivity contribution is 5.25. The van der Waals surface area contributed by atoms with Gasteiger partial charge < -0.3 is 5.32 Å². The summed E-state index contributed by atoms with van der Waals surface area (Å²) in [7, 11) is 0. The van der Waals surface area contributed by atoms with Crippen molar-refractivity contribution in [1.82, 2.24) is 15.1 Å². The smallest absolute Gasteiger partial charge is 0.0628 e. The van der Waals surface area contributed by atoms with Gasteiger partial charge in [-0.3, -0.25) is 4.68 Å². The van der Waals surface area contributed by atoms with Crippen molar-refractivity contribution >= 4 is 0 Å². The molecule has 1 N–H and O–H groups in total. The summed E-state index contributed by atoms with van der Waals surface area (Å²) in [6.45, 7) is 12.4. The molecule has 1 aromatic rings. The van der Waals surface area contributed by atoms with Gasteiger partial charge in [-0.2, -0.15) is 5.10 Å². The van der Waals surface area contributed by atoms with Crippen LogP contribution in [0.25, 0.3) is 0 Å². The van der Waals surface area contributed by atoms with Crippen molar-refractivity contribution in [3.8, 4) is 0 Å². The molecule has 0 atom stereocenters. The lowest BCUT2D eigenvalue weighted by molar-refractivity contribution is 0.591. The molecule has 1 fully saturated rings. The van der Waals surface area contributed by atoms with Gasteiger partial charge in [0.15, 0.2) is 0 Å². The van der Waals surface area contributed by atoms with Crippen LogP contribution in [0.3, 0.4) is 0 Å². The summed E-state index contributed by atoms with van der Waals surface area (Å²) in [6, 6.07) is 0.795. The molecule has 3 heteroatoms. The Hall–Kier alpha value is -1.09. The van der Waals surface area contributed by atoms with E-state index in [1.807, 2.05) is 0 Å². The lowest BCUT2D eigenvalue weighted by Crippen LogP contribution is -2.19. The first kappa shape index (κ1) is 13.3. The molecule has 1 aliphatic carbocycles. The first-order valence-electron chi connectivity index (χ1n) is 6.98. The highest BCUT2D eigenvalue weighted by atomic mass is 15.3. The van der Waals surface area contributed by atoms with E-state index >= 15 is 0 Å². The van der Waals surface area contributed by atoms with E-state index in [2.05, 4.69) is 42.4 Å². The van der Waals surface area contributed by atoms with Gasteiger partial charge in [0.1, 0.15) is 0 Å². The van der Waals surface area contributed by atoms with Crippen LogP contribution in [0.1, 0.15) is 43.1 Å². The average molecular weight is 247 g/mol. The molecule has 0 aromatic carbocycles. The van der Waals surface area contributed by atoms with Gasteiger partial charge in [0, 0.05) is 18.3 Å². The van der Waals surface area contributed by atoms with Crippen molar-refractivity contribution in [1.29, 1.82) is 0 Å². The zero-order valence-electron chi connectivity index (χ0n) is 11.9. The number of allylic oxidation sites excluding steroid dienone is 1. The second-order valence-corrected chi connectivity index (χ2v) is 5.56. The minimum absolute atomic E-state index is 0.795. The van der Waals surface area contributed by atoms with E-state index in [4.69, 9.17) is 0 Å². The number of hydrogen-bond acceptors (Lipinski definition) is 2.